The van der Waals surface area contributed by atoms with Gasteiger partial charge in [-0.1, -0.05) is 19.1 Å². The molecule has 2 rings (SSSR count). The molecule has 1 aromatic carbocycles. The van der Waals surface area contributed by atoms with Gasteiger partial charge in [0.1, 0.15) is 12.1 Å². The quantitative estimate of drug-likeness (QED) is 0.862. The lowest BCUT2D eigenvalue weighted by Gasteiger charge is -2.39. The van der Waals surface area contributed by atoms with Crippen molar-refractivity contribution >= 4 is 17.5 Å². The van der Waals surface area contributed by atoms with Crippen LogP contribution in [-0.4, -0.2) is 23.9 Å². The maximum atomic E-state index is 12.4. The summed E-state index contributed by atoms with van der Waals surface area (Å²) in [6.07, 6.45) is 0.583. The highest BCUT2D eigenvalue weighted by molar-refractivity contribution is 6.08. The highest BCUT2D eigenvalue weighted by atomic mass is 16.2. The van der Waals surface area contributed by atoms with Crippen LogP contribution in [0.15, 0.2) is 24.3 Å². The van der Waals surface area contributed by atoms with E-state index in [4.69, 9.17) is 0 Å². The molecule has 0 spiro atoms. The molecule has 1 fully saturated rings. The lowest BCUT2D eigenvalue weighted by Crippen LogP contribution is -2.65. The molecule has 18 heavy (non-hydrogen) atoms. The van der Waals surface area contributed by atoms with Gasteiger partial charge in [-0.3, -0.25) is 9.59 Å². The van der Waals surface area contributed by atoms with Gasteiger partial charge in [-0.05, 0) is 38.0 Å². The number of carbonyl (C=O) groups is 2. The predicted octanol–water partition coefficient (Wildman–Crippen LogP) is 1.63. The maximum absolute atomic E-state index is 12.4. The van der Waals surface area contributed by atoms with Gasteiger partial charge < -0.3 is 10.2 Å². The molecular weight excluding hydrogens is 228 g/mol. The molecule has 0 radical (unpaired) electrons. The van der Waals surface area contributed by atoms with E-state index in [1.165, 1.54) is 0 Å². The third-order valence-corrected chi connectivity index (χ3v) is 3.45. The summed E-state index contributed by atoms with van der Waals surface area (Å²) in [5, 5.41) is 2.78. The molecule has 1 aliphatic rings. The normalized spacial score (nSPS) is 24.1. The number of hydrogen-bond donors (Lipinski definition) is 1. The highest BCUT2D eigenvalue weighted by Gasteiger charge is 2.41. The van der Waals surface area contributed by atoms with Crippen LogP contribution >= 0.6 is 0 Å². The van der Waals surface area contributed by atoms with Crippen molar-refractivity contribution in [3.8, 4) is 0 Å². The van der Waals surface area contributed by atoms with Crippen molar-refractivity contribution < 1.29 is 9.59 Å². The molecule has 4 heteroatoms. The van der Waals surface area contributed by atoms with Gasteiger partial charge in [0.15, 0.2) is 0 Å². The van der Waals surface area contributed by atoms with Crippen molar-refractivity contribution in [3.05, 3.63) is 29.8 Å². The van der Waals surface area contributed by atoms with Crippen molar-refractivity contribution in [2.24, 2.45) is 0 Å². The number of piperazine rings is 1. The second-order valence-corrected chi connectivity index (χ2v) is 4.96. The van der Waals surface area contributed by atoms with Crippen LogP contribution in [0.3, 0.4) is 0 Å². The van der Waals surface area contributed by atoms with Gasteiger partial charge in [-0.25, -0.2) is 0 Å². The van der Waals surface area contributed by atoms with Crippen LogP contribution in [0.1, 0.15) is 25.8 Å². The van der Waals surface area contributed by atoms with E-state index in [-0.39, 0.29) is 18.4 Å². The van der Waals surface area contributed by atoms with Gasteiger partial charge in [-0.2, -0.15) is 0 Å². The summed E-state index contributed by atoms with van der Waals surface area (Å²) >= 11 is 0. The maximum Gasteiger partial charge on any atom is 0.252 e. The topological polar surface area (TPSA) is 49.4 Å². The Morgan fingerprint density at radius 1 is 1.39 bits per heavy atom. The third kappa shape index (κ3) is 2.10. The molecule has 1 aromatic rings. The molecule has 1 aliphatic heterocycles. The molecule has 96 valence electrons. The van der Waals surface area contributed by atoms with Crippen LogP contribution in [0.25, 0.3) is 0 Å². The van der Waals surface area contributed by atoms with Crippen LogP contribution in [0.2, 0.25) is 0 Å². The number of amides is 2. The molecule has 0 aromatic heterocycles. The fourth-order valence-corrected chi connectivity index (χ4v) is 2.16. The molecule has 1 N–H and O–H groups in total. The Hall–Kier alpha value is -1.84. The molecule has 2 amide bonds. The third-order valence-electron chi connectivity index (χ3n) is 3.45. The first-order chi connectivity index (χ1) is 8.46. The number of anilines is 1. The van der Waals surface area contributed by atoms with Crippen molar-refractivity contribution in [3.63, 3.8) is 0 Å². The Morgan fingerprint density at radius 2 is 2.11 bits per heavy atom. The summed E-state index contributed by atoms with van der Waals surface area (Å²) in [7, 11) is 0. The molecule has 0 bridgehead atoms. The number of nitrogens with zero attached hydrogens (tertiary/aromatic N) is 1. The van der Waals surface area contributed by atoms with Crippen LogP contribution in [-0.2, 0) is 9.59 Å². The number of benzene rings is 1. The van der Waals surface area contributed by atoms with Gasteiger partial charge in [0.2, 0.25) is 5.91 Å². The van der Waals surface area contributed by atoms with E-state index in [1.807, 2.05) is 38.1 Å². The van der Waals surface area contributed by atoms with Crippen LogP contribution in [0.5, 0.6) is 0 Å². The van der Waals surface area contributed by atoms with E-state index in [2.05, 4.69) is 5.32 Å². The van der Waals surface area contributed by atoms with Crippen LogP contribution in [0, 0.1) is 6.92 Å². The average molecular weight is 246 g/mol. The smallest absolute Gasteiger partial charge is 0.252 e. The van der Waals surface area contributed by atoms with Gasteiger partial charge in [-0.15, -0.1) is 0 Å². The minimum atomic E-state index is -0.793. The van der Waals surface area contributed by atoms with E-state index in [1.54, 1.807) is 11.8 Å². The van der Waals surface area contributed by atoms with E-state index in [0.717, 1.165) is 11.3 Å². The Labute approximate surface area is 107 Å². The van der Waals surface area contributed by atoms with E-state index >= 15 is 0 Å². The van der Waals surface area contributed by atoms with Crippen molar-refractivity contribution in [2.45, 2.75) is 32.7 Å². The van der Waals surface area contributed by atoms with E-state index < -0.39 is 5.54 Å². The van der Waals surface area contributed by atoms with E-state index in [0.29, 0.717) is 6.42 Å². The summed E-state index contributed by atoms with van der Waals surface area (Å²) in [5.74, 6) is -0.157. The molecule has 1 saturated heterocycles. The zero-order chi connectivity index (χ0) is 13.3. The molecule has 1 unspecified atom stereocenters. The second kappa shape index (κ2) is 4.44. The SMILES string of the molecule is CCC1(C)NC(=O)CN(c2cccc(C)c2)C1=O. The molecule has 1 heterocycles. The Balaban J connectivity index is 2.38. The summed E-state index contributed by atoms with van der Waals surface area (Å²) in [4.78, 5) is 25.8. The first-order valence-corrected chi connectivity index (χ1v) is 6.16. The fourth-order valence-electron chi connectivity index (χ4n) is 2.16. The lowest BCUT2D eigenvalue weighted by molar-refractivity contribution is -0.135. The second-order valence-electron chi connectivity index (χ2n) is 4.96. The minimum Gasteiger partial charge on any atom is -0.340 e. The molecule has 4 nitrogen and oxygen atoms in total. The standard InChI is InChI=1S/C14H18N2O2/c1-4-14(3)13(18)16(9-12(17)15-14)11-7-5-6-10(2)8-11/h5-8H,4,9H2,1-3H3,(H,15,17). The van der Waals surface area contributed by atoms with Crippen LogP contribution in [0.4, 0.5) is 5.69 Å². The lowest BCUT2D eigenvalue weighted by atomic mass is 9.94. The van der Waals surface area contributed by atoms with E-state index in [9.17, 15) is 9.59 Å². The van der Waals surface area contributed by atoms with Crippen molar-refractivity contribution in [1.29, 1.82) is 0 Å². The fraction of sp³-hybridized carbons (Fsp3) is 0.429. The Morgan fingerprint density at radius 3 is 2.72 bits per heavy atom. The summed E-state index contributed by atoms with van der Waals surface area (Å²) in [5.41, 5.74) is 1.07. The zero-order valence-electron chi connectivity index (χ0n) is 11.0. The molecular formula is C14H18N2O2. The number of hydrogen-bond acceptors (Lipinski definition) is 2. The molecule has 0 aliphatic carbocycles. The van der Waals surface area contributed by atoms with Gasteiger partial charge in [0, 0.05) is 5.69 Å². The number of aryl methyl sites for hydroxylation is 1. The number of rotatable bonds is 2. The van der Waals surface area contributed by atoms with Gasteiger partial charge in [0.25, 0.3) is 5.91 Å². The largest absolute Gasteiger partial charge is 0.340 e. The van der Waals surface area contributed by atoms with Crippen molar-refractivity contribution in [2.75, 3.05) is 11.4 Å². The average Bonchev–Trinajstić information content (AvgIpc) is 2.34. The number of nitrogens with one attached hydrogen (secondary N) is 1. The summed E-state index contributed by atoms with van der Waals surface area (Å²) in [6.45, 7) is 5.74. The summed E-state index contributed by atoms with van der Waals surface area (Å²) < 4.78 is 0. The Bertz CT molecular complexity index is 498. The highest BCUT2D eigenvalue weighted by Crippen LogP contribution is 2.24. The molecule has 1 atom stereocenters. The van der Waals surface area contributed by atoms with Gasteiger partial charge in [0.05, 0.1) is 0 Å². The minimum absolute atomic E-state index is 0.0461. The first kappa shape index (κ1) is 12.6. The first-order valence-electron chi connectivity index (χ1n) is 6.16. The Kier molecular flexibility index (Phi) is 3.11. The molecule has 0 saturated carbocycles. The number of carbonyl (C=O) groups excluding carboxylic acids is 2. The van der Waals surface area contributed by atoms with Gasteiger partial charge >= 0.3 is 0 Å². The zero-order valence-corrected chi connectivity index (χ0v) is 11.0. The summed E-state index contributed by atoms with van der Waals surface area (Å²) in [6, 6.07) is 7.65. The van der Waals surface area contributed by atoms with Crippen molar-refractivity contribution in [1.82, 2.24) is 5.32 Å². The monoisotopic (exact) mass is 246 g/mol. The van der Waals surface area contributed by atoms with Crippen LogP contribution < -0.4 is 10.2 Å². The predicted molar refractivity (Wildman–Crippen MR) is 70.4 cm³/mol.